The number of carbonyl (C=O) groups is 1. The van der Waals surface area contributed by atoms with E-state index in [-0.39, 0.29) is 11.8 Å². The number of nitrogens with one attached hydrogen (secondary N) is 1. The number of aromatic nitrogens is 2. The minimum absolute atomic E-state index is 0.0136. The van der Waals surface area contributed by atoms with Crippen molar-refractivity contribution in [2.24, 2.45) is 5.92 Å². The van der Waals surface area contributed by atoms with E-state index in [0.717, 1.165) is 40.4 Å². The van der Waals surface area contributed by atoms with Crippen molar-refractivity contribution >= 4 is 50.0 Å². The van der Waals surface area contributed by atoms with Gasteiger partial charge >= 0.3 is 0 Å². The zero-order valence-electron chi connectivity index (χ0n) is 14.4. The molecule has 2 aromatic heterocycles. The number of aryl methyl sites for hydroxylation is 1. The summed E-state index contributed by atoms with van der Waals surface area (Å²) in [6.45, 7) is 3.55. The Labute approximate surface area is 161 Å². The van der Waals surface area contributed by atoms with Crippen LogP contribution in [-0.2, 0) is 4.79 Å². The first-order chi connectivity index (χ1) is 12.6. The second-order valence-corrected chi connectivity index (χ2v) is 7.95. The number of hydrogen-bond donors (Lipinski definition) is 1. The predicted molar refractivity (Wildman–Crippen MR) is 107 cm³/mol. The van der Waals surface area contributed by atoms with Gasteiger partial charge in [-0.25, -0.2) is 9.97 Å². The van der Waals surface area contributed by atoms with Gasteiger partial charge in [0.2, 0.25) is 5.91 Å². The largest absolute Gasteiger partial charge is 0.347 e. The molecule has 0 aliphatic carbocycles. The molecule has 0 spiro atoms. The molecule has 4 rings (SSSR count). The van der Waals surface area contributed by atoms with Crippen molar-refractivity contribution in [1.82, 2.24) is 9.97 Å². The van der Waals surface area contributed by atoms with Gasteiger partial charge < -0.3 is 10.2 Å². The molecule has 1 unspecified atom stereocenters. The number of piperidine rings is 1. The first kappa shape index (κ1) is 17.2. The van der Waals surface area contributed by atoms with Crippen molar-refractivity contribution < 1.29 is 4.79 Å². The molecule has 0 radical (unpaired) electrons. The van der Waals surface area contributed by atoms with Crippen LogP contribution in [0.15, 0.2) is 36.5 Å². The van der Waals surface area contributed by atoms with Crippen LogP contribution < -0.4 is 10.2 Å². The van der Waals surface area contributed by atoms with Crippen LogP contribution in [-0.4, -0.2) is 29.0 Å². The Kier molecular flexibility index (Phi) is 4.78. The Bertz CT molecular complexity index is 925. The molecular formula is C19H19ClN4OS. The quantitative estimate of drug-likeness (QED) is 0.719. The third-order valence-corrected chi connectivity index (χ3v) is 5.95. The van der Waals surface area contributed by atoms with Crippen molar-refractivity contribution in [1.29, 1.82) is 0 Å². The summed E-state index contributed by atoms with van der Waals surface area (Å²) in [7, 11) is 0. The fourth-order valence-corrected chi connectivity index (χ4v) is 4.44. The topological polar surface area (TPSA) is 58.1 Å². The van der Waals surface area contributed by atoms with E-state index in [1.54, 1.807) is 17.5 Å². The third-order valence-electron chi connectivity index (χ3n) is 4.60. The highest BCUT2D eigenvalue weighted by molar-refractivity contribution is 7.21. The van der Waals surface area contributed by atoms with Gasteiger partial charge in [0.25, 0.3) is 0 Å². The molecule has 1 saturated heterocycles. The van der Waals surface area contributed by atoms with E-state index in [1.165, 1.54) is 0 Å². The maximum Gasteiger partial charge on any atom is 0.229 e. The standard InChI is InChI=1S/C19H19ClN4OS/c1-12-6-7-15(14(20)10-12)22-17(25)13-4-3-9-24(11-13)19-23-16-5-2-8-21-18(16)26-19/h2,5-8,10,13H,3-4,9,11H2,1H3,(H,22,25). The van der Waals surface area contributed by atoms with Crippen molar-refractivity contribution in [2.75, 3.05) is 23.3 Å². The van der Waals surface area contributed by atoms with Crippen LogP contribution in [0.3, 0.4) is 0 Å². The highest BCUT2D eigenvalue weighted by Gasteiger charge is 2.28. The number of thiazole rings is 1. The van der Waals surface area contributed by atoms with Crippen LogP contribution >= 0.6 is 22.9 Å². The fraction of sp³-hybridized carbons (Fsp3) is 0.316. The average Bonchev–Trinajstić information content (AvgIpc) is 3.08. The Morgan fingerprint density at radius 2 is 2.27 bits per heavy atom. The molecule has 3 aromatic rings. The Balaban J connectivity index is 1.48. The zero-order valence-corrected chi connectivity index (χ0v) is 16.0. The van der Waals surface area contributed by atoms with Gasteiger partial charge in [-0.15, -0.1) is 0 Å². The average molecular weight is 387 g/mol. The lowest BCUT2D eigenvalue weighted by Crippen LogP contribution is -2.40. The number of hydrogen-bond acceptors (Lipinski definition) is 5. The van der Waals surface area contributed by atoms with Crippen molar-refractivity contribution in [2.45, 2.75) is 19.8 Å². The summed E-state index contributed by atoms with van der Waals surface area (Å²) in [6.07, 6.45) is 3.61. The second-order valence-electron chi connectivity index (χ2n) is 6.58. The number of rotatable bonds is 3. The van der Waals surface area contributed by atoms with E-state index < -0.39 is 0 Å². The monoisotopic (exact) mass is 386 g/mol. The maximum atomic E-state index is 12.7. The maximum absolute atomic E-state index is 12.7. The highest BCUT2D eigenvalue weighted by Crippen LogP contribution is 2.31. The van der Waals surface area contributed by atoms with E-state index >= 15 is 0 Å². The molecule has 1 aliphatic heterocycles. The smallest absolute Gasteiger partial charge is 0.229 e. The molecule has 3 heterocycles. The van der Waals surface area contributed by atoms with Gasteiger partial charge in [0.1, 0.15) is 10.3 Å². The fourth-order valence-electron chi connectivity index (χ4n) is 3.21. The normalized spacial score (nSPS) is 17.5. The van der Waals surface area contributed by atoms with Crippen molar-refractivity contribution in [3.63, 3.8) is 0 Å². The van der Waals surface area contributed by atoms with Crippen LogP contribution in [0.2, 0.25) is 5.02 Å². The van der Waals surface area contributed by atoms with Gasteiger partial charge in [-0.2, -0.15) is 0 Å². The Hall–Kier alpha value is -2.18. The van der Waals surface area contributed by atoms with Gasteiger partial charge in [0, 0.05) is 19.3 Å². The number of fused-ring (bicyclic) bond motifs is 1. The lowest BCUT2D eigenvalue weighted by Gasteiger charge is -2.31. The van der Waals surface area contributed by atoms with E-state index in [4.69, 9.17) is 11.6 Å². The predicted octanol–water partition coefficient (Wildman–Crippen LogP) is 4.51. The molecular weight excluding hydrogens is 368 g/mol. The molecule has 0 bridgehead atoms. The minimum Gasteiger partial charge on any atom is -0.347 e. The van der Waals surface area contributed by atoms with Gasteiger partial charge in [0.15, 0.2) is 5.13 Å². The van der Waals surface area contributed by atoms with Crippen molar-refractivity contribution in [3.8, 4) is 0 Å². The Morgan fingerprint density at radius 1 is 1.38 bits per heavy atom. The zero-order chi connectivity index (χ0) is 18.1. The number of carbonyl (C=O) groups excluding carboxylic acids is 1. The molecule has 134 valence electrons. The molecule has 1 aromatic carbocycles. The summed E-state index contributed by atoms with van der Waals surface area (Å²) in [5.74, 6) is -0.0687. The van der Waals surface area contributed by atoms with Crippen LogP contribution in [0.1, 0.15) is 18.4 Å². The van der Waals surface area contributed by atoms with E-state index in [9.17, 15) is 4.79 Å². The molecule has 7 heteroatoms. The Morgan fingerprint density at radius 3 is 3.08 bits per heavy atom. The van der Waals surface area contributed by atoms with E-state index in [0.29, 0.717) is 17.3 Å². The molecule has 1 aliphatic rings. The van der Waals surface area contributed by atoms with Crippen LogP contribution in [0.25, 0.3) is 10.3 Å². The van der Waals surface area contributed by atoms with E-state index in [1.807, 2.05) is 37.3 Å². The molecule has 1 atom stereocenters. The number of pyridine rings is 1. The van der Waals surface area contributed by atoms with Gasteiger partial charge in [0.05, 0.1) is 16.6 Å². The number of nitrogens with zero attached hydrogens (tertiary/aromatic N) is 3. The first-order valence-electron chi connectivity index (χ1n) is 8.63. The summed E-state index contributed by atoms with van der Waals surface area (Å²) in [6, 6.07) is 9.52. The summed E-state index contributed by atoms with van der Waals surface area (Å²) in [5, 5.41) is 4.49. The van der Waals surface area contributed by atoms with Crippen molar-refractivity contribution in [3.05, 3.63) is 47.1 Å². The van der Waals surface area contributed by atoms with E-state index in [2.05, 4.69) is 20.2 Å². The number of halogens is 1. The van der Waals surface area contributed by atoms with Gasteiger partial charge in [-0.3, -0.25) is 4.79 Å². The molecule has 5 nitrogen and oxygen atoms in total. The van der Waals surface area contributed by atoms with Crippen LogP contribution in [0, 0.1) is 12.8 Å². The van der Waals surface area contributed by atoms with Crippen LogP contribution in [0.4, 0.5) is 10.8 Å². The first-order valence-corrected chi connectivity index (χ1v) is 9.83. The number of anilines is 2. The lowest BCUT2D eigenvalue weighted by atomic mass is 9.97. The second kappa shape index (κ2) is 7.21. The summed E-state index contributed by atoms with van der Waals surface area (Å²) >= 11 is 7.82. The number of amides is 1. The lowest BCUT2D eigenvalue weighted by molar-refractivity contribution is -0.120. The summed E-state index contributed by atoms with van der Waals surface area (Å²) in [5.41, 5.74) is 2.65. The molecule has 1 fully saturated rings. The molecule has 26 heavy (non-hydrogen) atoms. The SMILES string of the molecule is Cc1ccc(NC(=O)C2CCCN(c3nc4cccnc4s3)C2)c(Cl)c1. The minimum atomic E-state index is -0.0823. The van der Waals surface area contributed by atoms with Gasteiger partial charge in [-0.05, 0) is 49.6 Å². The third kappa shape index (κ3) is 3.52. The summed E-state index contributed by atoms with van der Waals surface area (Å²) in [4.78, 5) is 24.9. The number of benzene rings is 1. The highest BCUT2D eigenvalue weighted by atomic mass is 35.5. The molecule has 1 N–H and O–H groups in total. The molecule has 0 saturated carbocycles. The van der Waals surface area contributed by atoms with Gasteiger partial charge in [-0.1, -0.05) is 29.0 Å². The van der Waals surface area contributed by atoms with Crippen LogP contribution in [0.5, 0.6) is 0 Å². The summed E-state index contributed by atoms with van der Waals surface area (Å²) < 4.78 is 0. The molecule has 1 amide bonds.